The maximum Gasteiger partial charge on any atom is 0.232 e. The SMILES string of the molecule is Cc1ccc2c(n1)Oc1nc(-c3ccc(S(C)(=O)=O)cc3)ccc1[C@H]2C(C)(C)C(=O)Nc1nncs1. The maximum atomic E-state index is 13.4. The highest BCUT2D eigenvalue weighted by Crippen LogP contribution is 2.51. The fourth-order valence-corrected chi connectivity index (χ4v) is 5.36. The molecule has 4 heterocycles. The van der Waals surface area contributed by atoms with Crippen LogP contribution in [-0.2, 0) is 14.6 Å². The summed E-state index contributed by atoms with van der Waals surface area (Å²) >= 11 is 1.25. The Balaban J connectivity index is 1.58. The summed E-state index contributed by atoms with van der Waals surface area (Å²) in [5.74, 6) is 0.143. The number of carbonyl (C=O) groups excluding carboxylic acids is 1. The summed E-state index contributed by atoms with van der Waals surface area (Å²) in [4.78, 5) is 23.0. The number of nitrogens with one attached hydrogen (secondary N) is 1. The van der Waals surface area contributed by atoms with Gasteiger partial charge in [0.05, 0.1) is 16.0 Å². The summed E-state index contributed by atoms with van der Waals surface area (Å²) in [5, 5.41) is 11.0. The first kappa shape index (κ1) is 24.0. The van der Waals surface area contributed by atoms with E-state index in [9.17, 15) is 13.2 Å². The van der Waals surface area contributed by atoms with Gasteiger partial charge in [-0.1, -0.05) is 49.4 Å². The minimum absolute atomic E-state index is 0.218. The molecule has 1 aliphatic heterocycles. The molecule has 184 valence electrons. The number of ether oxygens (including phenoxy) is 1. The first-order valence-corrected chi connectivity index (χ1v) is 13.9. The number of nitrogens with zero attached hydrogens (tertiary/aromatic N) is 4. The molecule has 4 aromatic rings. The van der Waals surface area contributed by atoms with Gasteiger partial charge in [-0.15, -0.1) is 10.2 Å². The second kappa shape index (κ2) is 8.75. The van der Waals surface area contributed by atoms with Crippen molar-refractivity contribution in [2.24, 2.45) is 5.41 Å². The molecule has 0 saturated heterocycles. The van der Waals surface area contributed by atoms with Crippen LogP contribution in [0.4, 0.5) is 5.13 Å². The summed E-state index contributed by atoms with van der Waals surface area (Å²) < 4.78 is 29.8. The van der Waals surface area contributed by atoms with Crippen molar-refractivity contribution in [3.05, 3.63) is 70.9 Å². The summed E-state index contributed by atoms with van der Waals surface area (Å²) in [6.07, 6.45) is 1.17. The quantitative estimate of drug-likeness (QED) is 0.404. The van der Waals surface area contributed by atoms with E-state index in [0.717, 1.165) is 22.4 Å². The predicted molar refractivity (Wildman–Crippen MR) is 136 cm³/mol. The van der Waals surface area contributed by atoms with Crippen LogP contribution in [0, 0.1) is 12.3 Å². The van der Waals surface area contributed by atoms with Crippen LogP contribution in [0.5, 0.6) is 11.8 Å². The molecule has 11 heteroatoms. The Morgan fingerprint density at radius 2 is 1.67 bits per heavy atom. The topological polar surface area (TPSA) is 124 Å². The highest BCUT2D eigenvalue weighted by atomic mass is 32.2. The highest BCUT2D eigenvalue weighted by molar-refractivity contribution is 7.90. The molecule has 0 spiro atoms. The lowest BCUT2D eigenvalue weighted by Gasteiger charge is -2.37. The van der Waals surface area contributed by atoms with Crippen LogP contribution in [0.25, 0.3) is 11.3 Å². The van der Waals surface area contributed by atoms with Gasteiger partial charge in [-0.3, -0.25) is 4.79 Å². The van der Waals surface area contributed by atoms with Gasteiger partial charge in [-0.05, 0) is 31.2 Å². The summed E-state index contributed by atoms with van der Waals surface area (Å²) in [6.45, 7) is 5.60. The number of hydrogen-bond donors (Lipinski definition) is 1. The highest BCUT2D eigenvalue weighted by Gasteiger charge is 2.45. The molecule has 5 rings (SSSR count). The lowest BCUT2D eigenvalue weighted by molar-refractivity contribution is -0.124. The van der Waals surface area contributed by atoms with Crippen molar-refractivity contribution in [2.45, 2.75) is 31.6 Å². The molecule has 1 aromatic carbocycles. The van der Waals surface area contributed by atoms with Crippen molar-refractivity contribution in [3.63, 3.8) is 0 Å². The number of anilines is 1. The molecule has 0 saturated carbocycles. The number of aromatic nitrogens is 4. The van der Waals surface area contributed by atoms with Gasteiger partial charge in [0.2, 0.25) is 22.8 Å². The number of aryl methyl sites for hydroxylation is 1. The van der Waals surface area contributed by atoms with E-state index in [2.05, 4.69) is 20.5 Å². The number of rotatable bonds is 5. The largest absolute Gasteiger partial charge is 0.420 e. The van der Waals surface area contributed by atoms with Crippen molar-refractivity contribution in [1.29, 1.82) is 0 Å². The van der Waals surface area contributed by atoms with Crippen LogP contribution < -0.4 is 10.1 Å². The minimum Gasteiger partial charge on any atom is -0.420 e. The molecule has 1 N–H and O–H groups in total. The van der Waals surface area contributed by atoms with E-state index in [4.69, 9.17) is 9.72 Å². The molecule has 9 nitrogen and oxygen atoms in total. The van der Waals surface area contributed by atoms with E-state index >= 15 is 0 Å². The summed E-state index contributed by atoms with van der Waals surface area (Å²) in [7, 11) is -3.30. The predicted octanol–water partition coefficient (Wildman–Crippen LogP) is 4.61. The second-order valence-corrected chi connectivity index (χ2v) is 12.0. The third-order valence-corrected chi connectivity index (χ3v) is 7.93. The van der Waals surface area contributed by atoms with Gasteiger partial charge in [0.15, 0.2) is 9.84 Å². The number of benzene rings is 1. The molecule has 0 unspecified atom stereocenters. The molecule has 0 aliphatic carbocycles. The Labute approximate surface area is 212 Å². The van der Waals surface area contributed by atoms with Gasteiger partial charge in [-0.2, -0.15) is 0 Å². The van der Waals surface area contributed by atoms with Crippen LogP contribution in [0.2, 0.25) is 0 Å². The number of amides is 1. The Morgan fingerprint density at radius 1 is 1.00 bits per heavy atom. The third kappa shape index (κ3) is 4.35. The zero-order chi connectivity index (χ0) is 25.7. The van der Waals surface area contributed by atoms with E-state index in [-0.39, 0.29) is 10.8 Å². The fourth-order valence-electron chi connectivity index (χ4n) is 4.28. The van der Waals surface area contributed by atoms with Crippen molar-refractivity contribution >= 4 is 32.2 Å². The standard InChI is InChI=1S/C25H23N5O4S2/c1-14-5-10-17-20(25(2,3)23(31)29-24-30-26-13-35-24)18-11-12-19(28-22(18)34-21(17)27-14)15-6-8-16(9-7-15)36(4,32)33/h5-13,20H,1-4H3,(H,29,30,31)/t20-/m0/s1. The number of carbonyl (C=O) groups is 1. The monoisotopic (exact) mass is 521 g/mol. The number of hydrogen-bond acceptors (Lipinski definition) is 9. The Hall–Kier alpha value is -3.70. The summed E-state index contributed by atoms with van der Waals surface area (Å²) in [5.41, 5.74) is 4.30. The van der Waals surface area contributed by atoms with E-state index in [1.807, 2.05) is 45.0 Å². The lowest BCUT2D eigenvalue weighted by atomic mass is 9.70. The Kier molecular flexibility index (Phi) is 5.84. The number of sulfone groups is 1. The molecule has 1 amide bonds. The molecule has 1 atom stereocenters. The minimum atomic E-state index is -3.30. The zero-order valence-corrected chi connectivity index (χ0v) is 21.6. The average molecular weight is 522 g/mol. The van der Waals surface area contributed by atoms with Gasteiger partial charge in [0.1, 0.15) is 5.51 Å². The molecular formula is C25H23N5O4S2. The van der Waals surface area contributed by atoms with Crippen LogP contribution in [0.15, 0.2) is 58.9 Å². The van der Waals surface area contributed by atoms with Crippen molar-refractivity contribution in [2.75, 3.05) is 11.6 Å². The normalized spacial score (nSPS) is 14.9. The fraction of sp³-hybridized carbons (Fsp3) is 0.240. The van der Waals surface area contributed by atoms with Crippen molar-refractivity contribution in [3.8, 4) is 23.0 Å². The van der Waals surface area contributed by atoms with E-state index in [1.54, 1.807) is 29.8 Å². The van der Waals surface area contributed by atoms with Gasteiger partial charge in [0.25, 0.3) is 0 Å². The van der Waals surface area contributed by atoms with Crippen LogP contribution in [-0.4, -0.2) is 40.7 Å². The molecular weight excluding hydrogens is 498 g/mol. The van der Waals surface area contributed by atoms with Gasteiger partial charge >= 0.3 is 0 Å². The van der Waals surface area contributed by atoms with Gasteiger partial charge in [-0.25, -0.2) is 18.4 Å². The molecule has 1 aliphatic rings. The van der Waals surface area contributed by atoms with Crippen LogP contribution in [0.3, 0.4) is 0 Å². The Bertz CT molecular complexity index is 1570. The number of fused-ring (bicyclic) bond motifs is 2. The van der Waals surface area contributed by atoms with Crippen LogP contribution in [0.1, 0.15) is 36.6 Å². The van der Waals surface area contributed by atoms with E-state index in [0.29, 0.717) is 22.6 Å². The van der Waals surface area contributed by atoms with Crippen molar-refractivity contribution in [1.82, 2.24) is 20.2 Å². The van der Waals surface area contributed by atoms with Crippen LogP contribution >= 0.6 is 11.3 Å². The number of pyridine rings is 2. The molecule has 0 fully saturated rings. The molecule has 0 radical (unpaired) electrons. The van der Waals surface area contributed by atoms with Gasteiger partial charge in [0, 0.05) is 34.6 Å². The molecule has 3 aromatic heterocycles. The van der Waals surface area contributed by atoms with Gasteiger partial charge < -0.3 is 10.1 Å². The average Bonchev–Trinajstić information content (AvgIpc) is 3.34. The second-order valence-electron chi connectivity index (χ2n) is 9.19. The smallest absolute Gasteiger partial charge is 0.232 e. The van der Waals surface area contributed by atoms with E-state index in [1.165, 1.54) is 17.6 Å². The molecule has 36 heavy (non-hydrogen) atoms. The third-order valence-electron chi connectivity index (χ3n) is 6.20. The Morgan fingerprint density at radius 3 is 2.31 bits per heavy atom. The van der Waals surface area contributed by atoms with Crippen molar-refractivity contribution < 1.29 is 17.9 Å². The first-order chi connectivity index (χ1) is 17.0. The lowest BCUT2D eigenvalue weighted by Crippen LogP contribution is -2.38. The van der Waals surface area contributed by atoms with E-state index < -0.39 is 21.2 Å². The first-order valence-electron chi connectivity index (χ1n) is 11.1. The molecule has 0 bridgehead atoms. The zero-order valence-electron chi connectivity index (χ0n) is 20.0. The summed E-state index contributed by atoms with van der Waals surface area (Å²) in [6, 6.07) is 14.1. The maximum absolute atomic E-state index is 13.4.